The fourth-order valence-electron chi connectivity index (χ4n) is 0.938. The Morgan fingerprint density at radius 1 is 1.71 bits per heavy atom. The highest BCUT2D eigenvalue weighted by Gasteiger charge is 2.04. The monoisotopic (exact) mass is 192 g/mol. The number of nitrogen functional groups attached to an aromatic ring is 1. The molecule has 1 rings (SSSR count). The summed E-state index contributed by atoms with van der Waals surface area (Å²) in [5, 5.41) is 20.4. The van der Waals surface area contributed by atoms with E-state index in [0.29, 0.717) is 11.5 Å². The van der Waals surface area contributed by atoms with Crippen LogP contribution in [-0.4, -0.2) is 22.7 Å². The van der Waals surface area contributed by atoms with E-state index in [4.69, 9.17) is 16.1 Å². The molecule has 0 aliphatic heterocycles. The summed E-state index contributed by atoms with van der Waals surface area (Å²) in [7, 11) is 0. The minimum Gasteiger partial charge on any atom is -0.396 e. The van der Waals surface area contributed by atoms with Crippen molar-refractivity contribution < 1.29 is 5.11 Å². The summed E-state index contributed by atoms with van der Waals surface area (Å²) in [6.07, 6.45) is 0. The van der Waals surface area contributed by atoms with Crippen molar-refractivity contribution in [2.24, 2.45) is 0 Å². The summed E-state index contributed by atoms with van der Waals surface area (Å²) >= 11 is 0. The molecule has 4 N–H and O–H groups in total. The maximum atomic E-state index is 8.80. The quantitative estimate of drug-likeness (QED) is 0.641. The molecule has 0 fully saturated rings. The van der Waals surface area contributed by atoms with Crippen LogP contribution in [0.1, 0.15) is 12.6 Å². The Morgan fingerprint density at radius 3 is 3.00 bits per heavy atom. The van der Waals surface area contributed by atoms with Crippen LogP contribution >= 0.6 is 0 Å². The van der Waals surface area contributed by atoms with E-state index in [0.717, 1.165) is 0 Å². The fraction of sp³-hybridized carbons (Fsp3) is 0.333. The molecule has 1 aromatic rings. The zero-order valence-corrected chi connectivity index (χ0v) is 7.86. The van der Waals surface area contributed by atoms with Crippen LogP contribution < -0.4 is 11.1 Å². The minimum absolute atomic E-state index is 0.00788. The SMILES string of the molecule is CC(CO)Nc1ccc(N)c(C#N)n1. The number of aliphatic hydroxyl groups is 1. The molecule has 0 aromatic carbocycles. The second kappa shape index (κ2) is 4.44. The van der Waals surface area contributed by atoms with Gasteiger partial charge in [0.25, 0.3) is 0 Å². The standard InChI is InChI=1S/C9H12N4O/c1-6(5-14)12-9-3-2-7(11)8(4-10)13-9/h2-3,6,14H,5,11H2,1H3,(H,12,13). The number of nitrogens with two attached hydrogens (primary N) is 1. The van der Waals surface area contributed by atoms with Crippen molar-refractivity contribution in [2.45, 2.75) is 13.0 Å². The fourth-order valence-corrected chi connectivity index (χ4v) is 0.938. The van der Waals surface area contributed by atoms with Gasteiger partial charge < -0.3 is 16.2 Å². The van der Waals surface area contributed by atoms with Crippen molar-refractivity contribution in [3.8, 4) is 6.07 Å². The van der Waals surface area contributed by atoms with Gasteiger partial charge in [0, 0.05) is 6.04 Å². The summed E-state index contributed by atoms with van der Waals surface area (Å²) in [6.45, 7) is 1.82. The highest BCUT2D eigenvalue weighted by molar-refractivity contribution is 5.54. The van der Waals surface area contributed by atoms with Crippen LogP contribution in [0.3, 0.4) is 0 Å². The topological polar surface area (TPSA) is 95.0 Å². The van der Waals surface area contributed by atoms with E-state index in [2.05, 4.69) is 10.3 Å². The second-order valence-electron chi connectivity index (χ2n) is 2.97. The van der Waals surface area contributed by atoms with Gasteiger partial charge in [-0.3, -0.25) is 0 Å². The molecule has 1 atom stereocenters. The van der Waals surface area contributed by atoms with Crippen molar-refractivity contribution in [2.75, 3.05) is 17.7 Å². The molecule has 0 aliphatic rings. The third-order valence-corrected chi connectivity index (χ3v) is 1.70. The number of rotatable bonds is 3. The van der Waals surface area contributed by atoms with Crippen LogP contribution in [0.4, 0.5) is 11.5 Å². The van der Waals surface area contributed by atoms with Crippen molar-refractivity contribution in [1.29, 1.82) is 5.26 Å². The predicted octanol–water partition coefficient (Wildman–Crippen LogP) is 0.328. The Kier molecular flexibility index (Phi) is 3.26. The van der Waals surface area contributed by atoms with Crippen LogP contribution in [0.2, 0.25) is 0 Å². The van der Waals surface area contributed by atoms with E-state index >= 15 is 0 Å². The van der Waals surface area contributed by atoms with Crippen LogP contribution in [0, 0.1) is 11.3 Å². The van der Waals surface area contributed by atoms with Gasteiger partial charge in [0.05, 0.1) is 12.3 Å². The van der Waals surface area contributed by atoms with Crippen LogP contribution in [0.25, 0.3) is 0 Å². The smallest absolute Gasteiger partial charge is 0.165 e. The van der Waals surface area contributed by atoms with Crippen molar-refractivity contribution in [1.82, 2.24) is 4.98 Å². The molecule has 1 aromatic heterocycles. The Labute approximate surface area is 82.2 Å². The van der Waals surface area contributed by atoms with E-state index < -0.39 is 0 Å². The maximum Gasteiger partial charge on any atom is 0.165 e. The Balaban J connectivity index is 2.86. The van der Waals surface area contributed by atoms with Crippen molar-refractivity contribution >= 4 is 11.5 Å². The largest absolute Gasteiger partial charge is 0.396 e. The van der Waals surface area contributed by atoms with E-state index in [9.17, 15) is 0 Å². The molecule has 1 unspecified atom stereocenters. The third kappa shape index (κ3) is 2.34. The lowest BCUT2D eigenvalue weighted by Crippen LogP contribution is -2.20. The molecular weight excluding hydrogens is 180 g/mol. The number of hydrogen-bond acceptors (Lipinski definition) is 5. The summed E-state index contributed by atoms with van der Waals surface area (Å²) in [5.41, 5.74) is 6.05. The molecule has 14 heavy (non-hydrogen) atoms. The van der Waals surface area contributed by atoms with E-state index in [1.807, 2.05) is 13.0 Å². The first-order chi connectivity index (χ1) is 6.67. The van der Waals surface area contributed by atoms with Crippen LogP contribution in [-0.2, 0) is 0 Å². The highest BCUT2D eigenvalue weighted by atomic mass is 16.3. The van der Waals surface area contributed by atoms with Crippen LogP contribution in [0.15, 0.2) is 12.1 Å². The molecular formula is C9H12N4O. The number of nitrogens with zero attached hydrogens (tertiary/aromatic N) is 2. The van der Waals surface area contributed by atoms with Crippen molar-refractivity contribution in [3.63, 3.8) is 0 Å². The molecule has 0 spiro atoms. The zero-order valence-electron chi connectivity index (χ0n) is 7.86. The Morgan fingerprint density at radius 2 is 2.43 bits per heavy atom. The number of aromatic nitrogens is 1. The second-order valence-corrected chi connectivity index (χ2v) is 2.97. The minimum atomic E-state index is -0.0994. The molecule has 1 heterocycles. The van der Waals surface area contributed by atoms with Gasteiger partial charge in [0.15, 0.2) is 5.69 Å². The maximum absolute atomic E-state index is 8.80. The van der Waals surface area contributed by atoms with E-state index in [1.165, 1.54) is 0 Å². The number of hydrogen-bond donors (Lipinski definition) is 3. The average molecular weight is 192 g/mol. The molecule has 0 aliphatic carbocycles. The number of anilines is 2. The van der Waals surface area contributed by atoms with Crippen molar-refractivity contribution in [3.05, 3.63) is 17.8 Å². The first-order valence-corrected chi connectivity index (χ1v) is 4.21. The van der Waals surface area contributed by atoms with Gasteiger partial charge in [0.1, 0.15) is 11.9 Å². The lowest BCUT2D eigenvalue weighted by molar-refractivity contribution is 0.281. The lowest BCUT2D eigenvalue weighted by atomic mass is 10.3. The molecule has 0 amide bonds. The zero-order chi connectivity index (χ0) is 10.6. The van der Waals surface area contributed by atoms with Gasteiger partial charge in [-0.1, -0.05) is 0 Å². The number of nitriles is 1. The Hall–Kier alpha value is -1.80. The molecule has 0 saturated carbocycles. The molecule has 5 nitrogen and oxygen atoms in total. The number of aliphatic hydroxyl groups excluding tert-OH is 1. The van der Waals surface area contributed by atoms with E-state index in [-0.39, 0.29) is 18.3 Å². The molecule has 5 heteroatoms. The van der Waals surface area contributed by atoms with Gasteiger partial charge in [-0.2, -0.15) is 5.26 Å². The normalized spacial score (nSPS) is 11.8. The predicted molar refractivity (Wildman–Crippen MR) is 53.5 cm³/mol. The molecule has 0 saturated heterocycles. The van der Waals surface area contributed by atoms with Gasteiger partial charge in [-0.05, 0) is 19.1 Å². The first kappa shape index (κ1) is 10.3. The Bertz CT molecular complexity index is 358. The first-order valence-electron chi connectivity index (χ1n) is 4.21. The summed E-state index contributed by atoms with van der Waals surface area (Å²) in [6, 6.07) is 5.07. The number of nitrogens with one attached hydrogen (secondary N) is 1. The highest BCUT2D eigenvalue weighted by Crippen LogP contribution is 2.12. The third-order valence-electron chi connectivity index (χ3n) is 1.70. The number of pyridine rings is 1. The average Bonchev–Trinajstić information content (AvgIpc) is 2.20. The van der Waals surface area contributed by atoms with E-state index in [1.54, 1.807) is 12.1 Å². The molecule has 74 valence electrons. The van der Waals surface area contributed by atoms with Gasteiger partial charge >= 0.3 is 0 Å². The summed E-state index contributed by atoms with van der Waals surface area (Å²) in [5.74, 6) is 0.539. The van der Waals surface area contributed by atoms with Gasteiger partial charge in [-0.15, -0.1) is 0 Å². The molecule has 0 bridgehead atoms. The van der Waals surface area contributed by atoms with Crippen LogP contribution in [0.5, 0.6) is 0 Å². The lowest BCUT2D eigenvalue weighted by Gasteiger charge is -2.11. The summed E-state index contributed by atoms with van der Waals surface area (Å²) in [4.78, 5) is 3.97. The van der Waals surface area contributed by atoms with Gasteiger partial charge in [0.2, 0.25) is 0 Å². The molecule has 0 radical (unpaired) electrons. The van der Waals surface area contributed by atoms with Gasteiger partial charge in [-0.25, -0.2) is 4.98 Å². The summed E-state index contributed by atoms with van der Waals surface area (Å²) < 4.78 is 0.